The number of aryl methyl sites for hydroxylation is 2. The third-order valence-corrected chi connectivity index (χ3v) is 7.40. The Hall–Kier alpha value is -3.33. The number of carbonyl (C=O) groups is 2. The molecular formula is C28H30F3NO4S. The second-order valence-electron chi connectivity index (χ2n) is 9.43. The van der Waals surface area contributed by atoms with Crippen LogP contribution in [0.25, 0.3) is 11.1 Å². The van der Waals surface area contributed by atoms with Crippen molar-refractivity contribution >= 4 is 23.2 Å². The zero-order valence-electron chi connectivity index (χ0n) is 21.4. The van der Waals surface area contributed by atoms with E-state index in [-0.39, 0.29) is 30.3 Å². The third-order valence-electron chi connectivity index (χ3n) is 5.95. The van der Waals surface area contributed by atoms with E-state index in [1.54, 1.807) is 6.07 Å². The zero-order valence-corrected chi connectivity index (χ0v) is 22.2. The Morgan fingerprint density at radius 1 is 0.973 bits per heavy atom. The molecule has 0 saturated carbocycles. The van der Waals surface area contributed by atoms with Crippen LogP contribution in [0.4, 0.5) is 13.2 Å². The zero-order chi connectivity index (χ0) is 27.4. The molecule has 3 rings (SSSR count). The molecule has 0 atom stereocenters. The van der Waals surface area contributed by atoms with E-state index in [0.717, 1.165) is 33.7 Å². The molecule has 198 valence electrons. The number of benzene rings is 2. The van der Waals surface area contributed by atoms with Crippen LogP contribution in [0.1, 0.15) is 51.5 Å². The number of ether oxygens (including phenoxy) is 2. The van der Waals surface area contributed by atoms with Gasteiger partial charge < -0.3 is 14.8 Å². The molecule has 37 heavy (non-hydrogen) atoms. The Morgan fingerprint density at radius 2 is 1.59 bits per heavy atom. The summed E-state index contributed by atoms with van der Waals surface area (Å²) < 4.78 is 49.4. The fourth-order valence-electron chi connectivity index (χ4n) is 3.91. The Kier molecular flexibility index (Phi) is 8.68. The van der Waals surface area contributed by atoms with Gasteiger partial charge >= 0.3 is 12.1 Å². The summed E-state index contributed by atoms with van der Waals surface area (Å²) in [5.41, 5.74) is 2.32. The van der Waals surface area contributed by atoms with E-state index >= 15 is 0 Å². The number of amides is 1. The SMILES string of the molecule is COC(=O)CCNC(=O)c1ccc(C(C)(C)COc2cc(C)c(-c3ccc(C(F)(F)F)cc3)c(C)c2)s1. The third kappa shape index (κ3) is 7.13. The van der Waals surface area contributed by atoms with Crippen LogP contribution in [0.5, 0.6) is 5.75 Å². The summed E-state index contributed by atoms with van der Waals surface area (Å²) in [6, 6.07) is 12.6. The lowest BCUT2D eigenvalue weighted by Gasteiger charge is -2.24. The molecule has 0 aliphatic carbocycles. The molecule has 0 radical (unpaired) electrons. The molecule has 0 spiro atoms. The van der Waals surface area contributed by atoms with E-state index in [9.17, 15) is 22.8 Å². The van der Waals surface area contributed by atoms with Crippen LogP contribution in [0.3, 0.4) is 0 Å². The standard InChI is InChI=1S/C28H30F3NO4S/c1-17-14-21(15-18(2)25(17)19-6-8-20(9-7-19)28(29,30)31)36-16-27(3,4)23-11-10-22(37-23)26(34)32-13-12-24(33)35-5/h6-11,14-15H,12-13,16H2,1-5H3,(H,32,34). The molecule has 3 aromatic rings. The minimum atomic E-state index is -4.37. The van der Waals surface area contributed by atoms with Gasteiger partial charge in [-0.25, -0.2) is 0 Å². The van der Waals surface area contributed by atoms with Crippen LogP contribution in [-0.4, -0.2) is 32.1 Å². The number of carbonyl (C=O) groups excluding carboxylic acids is 2. The summed E-state index contributed by atoms with van der Waals surface area (Å²) in [6.45, 7) is 8.41. The predicted octanol–water partition coefficient (Wildman–Crippen LogP) is 6.70. The van der Waals surface area contributed by atoms with Gasteiger partial charge in [0.1, 0.15) is 5.75 Å². The molecule has 0 fully saturated rings. The number of rotatable bonds is 9. The van der Waals surface area contributed by atoms with Crippen molar-refractivity contribution in [2.75, 3.05) is 20.3 Å². The van der Waals surface area contributed by atoms with Crippen molar-refractivity contribution in [3.63, 3.8) is 0 Å². The van der Waals surface area contributed by atoms with E-state index in [2.05, 4.69) is 10.1 Å². The van der Waals surface area contributed by atoms with Crippen LogP contribution in [0.15, 0.2) is 48.5 Å². The fourth-order valence-corrected chi connectivity index (χ4v) is 4.92. The smallest absolute Gasteiger partial charge is 0.416 e. The molecule has 0 saturated heterocycles. The van der Waals surface area contributed by atoms with Gasteiger partial charge in [0, 0.05) is 16.8 Å². The van der Waals surface area contributed by atoms with Crippen LogP contribution in [-0.2, 0) is 21.1 Å². The average molecular weight is 534 g/mol. The van der Waals surface area contributed by atoms with Gasteiger partial charge in [-0.05, 0) is 72.5 Å². The van der Waals surface area contributed by atoms with Crippen LogP contribution < -0.4 is 10.1 Å². The van der Waals surface area contributed by atoms with Gasteiger partial charge in [0.25, 0.3) is 5.91 Å². The topological polar surface area (TPSA) is 64.6 Å². The van der Waals surface area contributed by atoms with E-state index in [1.807, 2.05) is 45.9 Å². The predicted molar refractivity (Wildman–Crippen MR) is 138 cm³/mol. The van der Waals surface area contributed by atoms with Crippen molar-refractivity contribution < 1.29 is 32.2 Å². The van der Waals surface area contributed by atoms with Crippen LogP contribution >= 0.6 is 11.3 Å². The number of hydrogen-bond donors (Lipinski definition) is 1. The first-order valence-corrected chi connectivity index (χ1v) is 12.5. The van der Waals surface area contributed by atoms with Crippen molar-refractivity contribution in [1.82, 2.24) is 5.32 Å². The first-order chi connectivity index (χ1) is 17.3. The number of alkyl halides is 3. The summed E-state index contributed by atoms with van der Waals surface area (Å²) in [5, 5.41) is 2.71. The van der Waals surface area contributed by atoms with E-state index in [0.29, 0.717) is 22.8 Å². The van der Waals surface area contributed by atoms with Crippen LogP contribution in [0.2, 0.25) is 0 Å². The first kappa shape index (κ1) is 28.2. The highest BCUT2D eigenvalue weighted by Gasteiger charge is 2.30. The molecule has 9 heteroatoms. The minimum absolute atomic E-state index is 0.107. The van der Waals surface area contributed by atoms with Gasteiger partial charge in [-0.2, -0.15) is 13.2 Å². The van der Waals surface area contributed by atoms with Gasteiger partial charge in [-0.1, -0.05) is 26.0 Å². The number of nitrogens with one attached hydrogen (secondary N) is 1. The number of methoxy groups -OCH3 is 1. The van der Waals surface area contributed by atoms with Gasteiger partial charge in [-0.15, -0.1) is 11.3 Å². The summed E-state index contributed by atoms with van der Waals surface area (Å²) in [7, 11) is 1.30. The van der Waals surface area contributed by atoms with Crippen molar-refractivity contribution in [2.45, 2.75) is 45.7 Å². The first-order valence-electron chi connectivity index (χ1n) is 11.7. The summed E-state index contributed by atoms with van der Waals surface area (Å²) in [6.07, 6.45) is -4.26. The van der Waals surface area contributed by atoms with E-state index in [4.69, 9.17) is 4.74 Å². The maximum atomic E-state index is 12.9. The molecule has 2 aromatic carbocycles. The quantitative estimate of drug-likeness (QED) is 0.311. The Balaban J connectivity index is 1.67. The largest absolute Gasteiger partial charge is 0.493 e. The molecular weight excluding hydrogens is 503 g/mol. The van der Waals surface area contributed by atoms with Crippen molar-refractivity contribution in [2.24, 2.45) is 0 Å². The lowest BCUT2D eigenvalue weighted by Crippen LogP contribution is -2.26. The maximum Gasteiger partial charge on any atom is 0.416 e. The molecule has 1 aromatic heterocycles. The highest BCUT2D eigenvalue weighted by atomic mass is 32.1. The van der Waals surface area contributed by atoms with Crippen molar-refractivity contribution in [3.05, 3.63) is 75.0 Å². The molecule has 0 unspecified atom stereocenters. The molecule has 1 N–H and O–H groups in total. The molecule has 5 nitrogen and oxygen atoms in total. The molecule has 0 bridgehead atoms. The van der Waals surface area contributed by atoms with Crippen molar-refractivity contribution in [1.29, 1.82) is 0 Å². The van der Waals surface area contributed by atoms with E-state index in [1.165, 1.54) is 30.6 Å². The van der Waals surface area contributed by atoms with Crippen LogP contribution in [0, 0.1) is 13.8 Å². The molecule has 0 aliphatic heterocycles. The van der Waals surface area contributed by atoms with Gasteiger partial charge in [0.2, 0.25) is 0 Å². The number of thiophene rings is 1. The average Bonchev–Trinajstić information content (AvgIpc) is 3.34. The number of halogens is 3. The fraction of sp³-hybridized carbons (Fsp3) is 0.357. The van der Waals surface area contributed by atoms with Gasteiger partial charge in [0.05, 0.1) is 30.6 Å². The monoisotopic (exact) mass is 533 g/mol. The van der Waals surface area contributed by atoms with Crippen molar-refractivity contribution in [3.8, 4) is 16.9 Å². The normalized spacial score (nSPS) is 11.8. The Labute approximate surface area is 218 Å². The molecule has 1 heterocycles. The Morgan fingerprint density at radius 3 is 2.16 bits per heavy atom. The second-order valence-corrected chi connectivity index (χ2v) is 10.5. The minimum Gasteiger partial charge on any atom is -0.493 e. The number of esters is 1. The summed E-state index contributed by atoms with van der Waals surface area (Å²) in [4.78, 5) is 25.1. The summed E-state index contributed by atoms with van der Waals surface area (Å²) in [5.74, 6) is 0.0290. The summed E-state index contributed by atoms with van der Waals surface area (Å²) >= 11 is 1.37. The van der Waals surface area contributed by atoms with E-state index < -0.39 is 11.7 Å². The molecule has 0 aliphatic rings. The van der Waals surface area contributed by atoms with Gasteiger partial charge in [-0.3, -0.25) is 9.59 Å². The van der Waals surface area contributed by atoms with Gasteiger partial charge in [0.15, 0.2) is 0 Å². The highest BCUT2D eigenvalue weighted by molar-refractivity contribution is 7.14. The maximum absolute atomic E-state index is 12.9. The Bertz CT molecular complexity index is 1240. The lowest BCUT2D eigenvalue weighted by atomic mass is 9.92. The molecule has 1 amide bonds. The lowest BCUT2D eigenvalue weighted by molar-refractivity contribution is -0.140. The highest BCUT2D eigenvalue weighted by Crippen LogP contribution is 2.36. The second kappa shape index (κ2) is 11.4. The number of hydrogen-bond acceptors (Lipinski definition) is 5.